The van der Waals surface area contributed by atoms with Crippen molar-refractivity contribution in [2.24, 2.45) is 10.9 Å². The molecule has 0 aromatic heterocycles. The average Bonchev–Trinajstić information content (AvgIpc) is 2.90. The Morgan fingerprint density at radius 1 is 0.923 bits per heavy atom. The minimum atomic E-state index is -1.09. The summed E-state index contributed by atoms with van der Waals surface area (Å²) >= 11 is 0. The van der Waals surface area contributed by atoms with Gasteiger partial charge in [-0.15, -0.1) is 0 Å². The van der Waals surface area contributed by atoms with Crippen LogP contribution in [0.1, 0.15) is 76.2 Å². The van der Waals surface area contributed by atoms with Crippen LogP contribution >= 0.6 is 0 Å². The van der Waals surface area contributed by atoms with Crippen LogP contribution < -0.4 is 19.9 Å². The number of hydrogen-bond donors (Lipinski definition) is 3. The number of nitrogens with two attached hydrogens (primary N) is 1. The van der Waals surface area contributed by atoms with E-state index in [1.165, 1.54) is 0 Å². The van der Waals surface area contributed by atoms with Crippen LogP contribution in [0.3, 0.4) is 0 Å². The number of aliphatic carboxylic acids is 1. The van der Waals surface area contributed by atoms with Gasteiger partial charge < -0.3 is 35.2 Å². The first kappa shape index (κ1) is 31.3. The number of carbonyl (C=O) groups excluding carboxylic acids is 1. The first-order chi connectivity index (χ1) is 18.6. The highest BCUT2D eigenvalue weighted by atomic mass is 16.5. The standard InChI is InChI=1S/C29H41N3O7/c1-6-25(29(34)35)39-26-18-23(14-15-24(26)28(33)32(19(2)3)20(4)5)38-17-9-7-8-16-37-22-12-10-21(11-13-22)27(30)31-36/h10-15,18-20,25,36H,6-9,16-17H2,1-5H3,(H2,30,31)(H,34,35). The van der Waals surface area contributed by atoms with E-state index in [0.29, 0.717) is 35.8 Å². The Bertz CT molecular complexity index is 1090. The van der Waals surface area contributed by atoms with Crippen LogP contribution in [0.15, 0.2) is 47.6 Å². The van der Waals surface area contributed by atoms with Gasteiger partial charge >= 0.3 is 5.97 Å². The molecule has 0 saturated carbocycles. The van der Waals surface area contributed by atoms with Crippen molar-refractivity contribution in [2.75, 3.05) is 13.2 Å². The fourth-order valence-electron chi connectivity index (χ4n) is 4.07. The molecule has 0 heterocycles. The maximum atomic E-state index is 13.3. The molecule has 2 aromatic carbocycles. The zero-order chi connectivity index (χ0) is 28.9. The Morgan fingerprint density at radius 2 is 1.49 bits per heavy atom. The van der Waals surface area contributed by atoms with E-state index in [4.69, 9.17) is 25.2 Å². The van der Waals surface area contributed by atoms with Crippen molar-refractivity contribution >= 4 is 17.7 Å². The summed E-state index contributed by atoms with van der Waals surface area (Å²) in [5.41, 5.74) is 6.47. The molecule has 0 bridgehead atoms. The van der Waals surface area contributed by atoms with Gasteiger partial charge in [0, 0.05) is 23.7 Å². The molecule has 0 fully saturated rings. The summed E-state index contributed by atoms with van der Waals surface area (Å²) in [6.07, 6.45) is 1.66. The highest BCUT2D eigenvalue weighted by Gasteiger charge is 2.27. The van der Waals surface area contributed by atoms with E-state index in [0.717, 1.165) is 19.3 Å². The zero-order valence-corrected chi connectivity index (χ0v) is 23.4. The summed E-state index contributed by atoms with van der Waals surface area (Å²) in [6, 6.07) is 11.8. The first-order valence-electron chi connectivity index (χ1n) is 13.3. The van der Waals surface area contributed by atoms with Crippen molar-refractivity contribution in [3.63, 3.8) is 0 Å². The molecule has 1 unspecified atom stereocenters. The van der Waals surface area contributed by atoms with E-state index in [-0.39, 0.29) is 36.0 Å². The van der Waals surface area contributed by atoms with Gasteiger partial charge in [0.2, 0.25) is 0 Å². The molecule has 0 aliphatic rings. The number of oxime groups is 1. The Labute approximate surface area is 230 Å². The van der Waals surface area contributed by atoms with Gasteiger partial charge in [-0.1, -0.05) is 12.1 Å². The van der Waals surface area contributed by atoms with Crippen molar-refractivity contribution in [1.82, 2.24) is 4.90 Å². The molecule has 0 spiro atoms. The smallest absolute Gasteiger partial charge is 0.344 e. The Morgan fingerprint density at radius 3 is 2.00 bits per heavy atom. The molecule has 2 aromatic rings. The largest absolute Gasteiger partial charge is 0.494 e. The van der Waals surface area contributed by atoms with E-state index in [2.05, 4.69) is 5.16 Å². The summed E-state index contributed by atoms with van der Waals surface area (Å²) in [4.78, 5) is 26.7. The number of benzene rings is 2. The minimum absolute atomic E-state index is 0.0365. The van der Waals surface area contributed by atoms with Gasteiger partial charge in [0.1, 0.15) is 17.2 Å². The van der Waals surface area contributed by atoms with Crippen LogP contribution in [0.4, 0.5) is 0 Å². The predicted octanol–water partition coefficient (Wildman–Crippen LogP) is 4.91. The number of unbranched alkanes of at least 4 members (excludes halogenated alkanes) is 2. The van der Waals surface area contributed by atoms with Crippen LogP contribution in [0.5, 0.6) is 17.2 Å². The lowest BCUT2D eigenvalue weighted by molar-refractivity contribution is -0.145. The predicted molar refractivity (Wildman–Crippen MR) is 149 cm³/mol. The fourth-order valence-corrected chi connectivity index (χ4v) is 4.07. The molecule has 1 atom stereocenters. The Balaban J connectivity index is 1.95. The summed E-state index contributed by atoms with van der Waals surface area (Å²) in [5.74, 6) is 0.133. The second kappa shape index (κ2) is 15.5. The molecule has 0 aliphatic carbocycles. The summed E-state index contributed by atoms with van der Waals surface area (Å²) in [5, 5.41) is 21.2. The lowest BCUT2D eigenvalue weighted by Gasteiger charge is -2.31. The molecule has 10 nitrogen and oxygen atoms in total. The number of amidine groups is 1. The highest BCUT2D eigenvalue weighted by Crippen LogP contribution is 2.29. The lowest BCUT2D eigenvalue weighted by Crippen LogP contribution is -2.42. The highest BCUT2D eigenvalue weighted by molar-refractivity contribution is 5.98. The van der Waals surface area contributed by atoms with Crippen LogP contribution in [-0.4, -0.2) is 64.3 Å². The number of amides is 1. The number of hydrogen-bond acceptors (Lipinski definition) is 7. The number of nitrogens with zero attached hydrogens (tertiary/aromatic N) is 2. The van der Waals surface area contributed by atoms with Crippen molar-refractivity contribution in [3.8, 4) is 17.2 Å². The van der Waals surface area contributed by atoms with Crippen LogP contribution in [0.25, 0.3) is 0 Å². The summed E-state index contributed by atoms with van der Waals surface area (Å²) in [6.45, 7) is 10.5. The van der Waals surface area contributed by atoms with Crippen molar-refractivity contribution < 1.29 is 34.1 Å². The van der Waals surface area contributed by atoms with Gasteiger partial charge in [0.25, 0.3) is 5.91 Å². The molecule has 0 radical (unpaired) electrons. The van der Waals surface area contributed by atoms with Crippen LogP contribution in [-0.2, 0) is 4.79 Å². The van der Waals surface area contributed by atoms with E-state index in [1.807, 2.05) is 27.7 Å². The molecule has 2 rings (SSSR count). The molecule has 39 heavy (non-hydrogen) atoms. The number of carboxylic acid groups (broad SMARTS) is 1. The molecular weight excluding hydrogens is 502 g/mol. The number of carbonyl (C=O) groups is 2. The van der Waals surface area contributed by atoms with Crippen molar-refractivity contribution in [1.29, 1.82) is 0 Å². The summed E-state index contributed by atoms with van der Waals surface area (Å²) < 4.78 is 17.4. The monoisotopic (exact) mass is 543 g/mol. The number of carboxylic acids is 1. The van der Waals surface area contributed by atoms with Crippen molar-refractivity contribution in [3.05, 3.63) is 53.6 Å². The van der Waals surface area contributed by atoms with Gasteiger partial charge in [-0.3, -0.25) is 4.79 Å². The van der Waals surface area contributed by atoms with Crippen LogP contribution in [0, 0.1) is 0 Å². The second-order valence-corrected chi connectivity index (χ2v) is 9.68. The van der Waals surface area contributed by atoms with Gasteiger partial charge in [-0.25, -0.2) is 4.79 Å². The molecule has 1 amide bonds. The lowest BCUT2D eigenvalue weighted by atomic mass is 10.1. The van der Waals surface area contributed by atoms with E-state index < -0.39 is 12.1 Å². The SMILES string of the molecule is CCC(Oc1cc(OCCCCCOc2ccc(C(N)=NO)cc2)ccc1C(=O)N(C(C)C)C(C)C)C(=O)O. The third-order valence-corrected chi connectivity index (χ3v) is 6.03. The molecule has 0 saturated heterocycles. The third-order valence-electron chi connectivity index (χ3n) is 6.03. The van der Waals surface area contributed by atoms with Gasteiger partial charge in [-0.05, 0) is 89.8 Å². The van der Waals surface area contributed by atoms with Gasteiger partial charge in [-0.2, -0.15) is 0 Å². The third kappa shape index (κ3) is 9.38. The van der Waals surface area contributed by atoms with E-state index in [9.17, 15) is 14.7 Å². The quantitative estimate of drug-likeness (QED) is 0.0891. The maximum absolute atomic E-state index is 13.3. The molecule has 4 N–H and O–H groups in total. The maximum Gasteiger partial charge on any atom is 0.344 e. The van der Waals surface area contributed by atoms with Crippen molar-refractivity contribution in [2.45, 2.75) is 78.5 Å². The fraction of sp³-hybridized carbons (Fsp3) is 0.483. The second-order valence-electron chi connectivity index (χ2n) is 9.68. The number of ether oxygens (including phenoxy) is 3. The molecular formula is C29H41N3O7. The normalized spacial score (nSPS) is 12.3. The molecule has 0 aliphatic heterocycles. The Hall–Kier alpha value is -3.95. The van der Waals surface area contributed by atoms with E-state index >= 15 is 0 Å². The minimum Gasteiger partial charge on any atom is -0.494 e. The average molecular weight is 544 g/mol. The Kier molecular flexibility index (Phi) is 12.4. The van der Waals surface area contributed by atoms with Crippen LogP contribution in [0.2, 0.25) is 0 Å². The topological polar surface area (TPSA) is 144 Å². The number of rotatable bonds is 16. The van der Waals surface area contributed by atoms with Gasteiger partial charge in [0.05, 0.1) is 18.8 Å². The molecule has 10 heteroatoms. The summed E-state index contributed by atoms with van der Waals surface area (Å²) in [7, 11) is 0. The first-order valence-corrected chi connectivity index (χ1v) is 13.3. The van der Waals surface area contributed by atoms with E-state index in [1.54, 1.807) is 54.3 Å². The zero-order valence-electron chi connectivity index (χ0n) is 23.4. The molecule has 214 valence electrons. The van der Waals surface area contributed by atoms with Gasteiger partial charge in [0.15, 0.2) is 11.9 Å².